The number of nitrogens with one attached hydrogen (secondary N) is 3. The fraction of sp³-hybridized carbons (Fsp3) is 0.358. The zero-order chi connectivity index (χ0) is 50.4. The summed E-state index contributed by atoms with van der Waals surface area (Å²) in [6, 6.07) is 21.1. The van der Waals surface area contributed by atoms with Crippen LogP contribution in [-0.2, 0) is 31.1 Å². The maximum absolute atomic E-state index is 13.2. The third-order valence-electron chi connectivity index (χ3n) is 10.5. The van der Waals surface area contributed by atoms with E-state index in [1.54, 1.807) is 54.6 Å². The van der Waals surface area contributed by atoms with Crippen LogP contribution in [0.3, 0.4) is 0 Å². The molecule has 6 rings (SSSR count). The first-order valence-corrected chi connectivity index (χ1v) is 21.4. The summed E-state index contributed by atoms with van der Waals surface area (Å²) in [6.07, 6.45) is 1.03. The van der Waals surface area contributed by atoms with Gasteiger partial charge in [0.2, 0.25) is 10.9 Å². The van der Waals surface area contributed by atoms with Crippen LogP contribution in [0.2, 0.25) is 0 Å². The molecular formula is C53H66N4O11. The maximum atomic E-state index is 13.2. The van der Waals surface area contributed by atoms with Gasteiger partial charge in [-0.1, -0.05) is 115 Å². The molecule has 15 nitrogen and oxygen atoms in total. The van der Waals surface area contributed by atoms with Crippen molar-refractivity contribution in [2.24, 2.45) is 0 Å². The number of carboxylic acid groups (broad SMARTS) is 1. The number of carboxylic acids is 1. The zero-order valence-corrected chi connectivity index (χ0v) is 40.7. The van der Waals surface area contributed by atoms with Gasteiger partial charge in [0.1, 0.15) is 22.6 Å². The van der Waals surface area contributed by atoms with Crippen LogP contribution < -0.4 is 31.4 Å². The van der Waals surface area contributed by atoms with Crippen LogP contribution in [0.15, 0.2) is 94.8 Å². The van der Waals surface area contributed by atoms with E-state index < -0.39 is 29.6 Å². The number of aromatic nitrogens is 2. The van der Waals surface area contributed by atoms with Gasteiger partial charge in [-0.15, -0.1) is 0 Å². The Bertz CT molecular complexity index is 2940. The second-order valence-electron chi connectivity index (χ2n) is 19.9. The first kappa shape index (κ1) is 54.9. The number of hydrogen-bond acceptors (Lipinski definition) is 11. The first-order chi connectivity index (χ1) is 31.0. The van der Waals surface area contributed by atoms with Gasteiger partial charge >= 0.3 is 18.3 Å². The molecule has 15 heteroatoms. The molecule has 4 aromatic carbocycles. The molecule has 364 valence electrons. The number of aromatic carboxylic acids is 1. The highest BCUT2D eigenvalue weighted by Crippen LogP contribution is 2.41. The number of H-pyrrole nitrogens is 2. The molecule has 0 aliphatic heterocycles. The van der Waals surface area contributed by atoms with Crippen LogP contribution in [-0.4, -0.2) is 53.5 Å². The number of anilines is 2. The Morgan fingerprint density at radius 1 is 0.559 bits per heavy atom. The summed E-state index contributed by atoms with van der Waals surface area (Å²) in [5, 5.41) is 12.4. The highest BCUT2D eigenvalue weighted by Gasteiger charge is 2.29. The molecule has 0 aliphatic rings. The SMILES string of the molecule is C.COC(=O)Oc1cc(N)c(C(C)(C)C)cc1C(C)(C)C.COC(=O)Oc1cc(NC(=O)c2c[nH]c3ccccc3c2=O)c(C(C)(C)C)cc1C(C)(C)C.O=C(O)c1c[nH]c2ccccc2c1=O. The van der Waals surface area contributed by atoms with E-state index in [1.807, 2.05) is 59.7 Å². The number of fused-ring (bicyclic) bond motifs is 2. The van der Waals surface area contributed by atoms with Crippen LogP contribution in [0.4, 0.5) is 21.0 Å². The van der Waals surface area contributed by atoms with E-state index in [0.29, 0.717) is 38.9 Å². The van der Waals surface area contributed by atoms with Gasteiger partial charge in [0.25, 0.3) is 5.91 Å². The predicted molar refractivity (Wildman–Crippen MR) is 269 cm³/mol. The average molecular weight is 935 g/mol. The summed E-state index contributed by atoms with van der Waals surface area (Å²) in [5.41, 5.74) is 10.1. The normalized spacial score (nSPS) is 11.4. The van der Waals surface area contributed by atoms with Gasteiger partial charge in [-0.3, -0.25) is 14.4 Å². The van der Waals surface area contributed by atoms with Crippen molar-refractivity contribution in [2.75, 3.05) is 25.3 Å². The van der Waals surface area contributed by atoms with Gasteiger partial charge < -0.3 is 45.1 Å². The molecule has 0 aliphatic carbocycles. The molecule has 2 aromatic heterocycles. The van der Waals surface area contributed by atoms with Gasteiger partial charge in [0.05, 0.1) is 14.2 Å². The van der Waals surface area contributed by atoms with Crippen LogP contribution in [0.1, 0.15) is 133 Å². The first-order valence-electron chi connectivity index (χ1n) is 21.4. The van der Waals surface area contributed by atoms with E-state index in [0.717, 1.165) is 22.3 Å². The minimum absolute atomic E-state index is 0. The van der Waals surface area contributed by atoms with E-state index in [-0.39, 0.29) is 51.4 Å². The number of nitrogen functional groups attached to an aromatic ring is 1. The summed E-state index contributed by atoms with van der Waals surface area (Å²) in [7, 11) is 2.52. The lowest BCUT2D eigenvalue weighted by Crippen LogP contribution is -2.25. The number of ether oxygens (including phenoxy) is 4. The summed E-state index contributed by atoms with van der Waals surface area (Å²) in [4.78, 5) is 77.3. The van der Waals surface area contributed by atoms with Crippen molar-refractivity contribution in [3.05, 3.63) is 139 Å². The molecule has 1 amide bonds. The molecule has 6 aromatic rings. The Morgan fingerprint density at radius 3 is 1.35 bits per heavy atom. The Hall–Kier alpha value is -7.42. The number of carbonyl (C=O) groups is 4. The zero-order valence-electron chi connectivity index (χ0n) is 40.7. The highest BCUT2D eigenvalue weighted by atomic mass is 16.7. The quantitative estimate of drug-likeness (QED) is 0.0618. The second-order valence-corrected chi connectivity index (χ2v) is 19.9. The number of methoxy groups -OCH3 is 2. The van der Waals surface area contributed by atoms with Crippen molar-refractivity contribution < 1.29 is 43.2 Å². The summed E-state index contributed by atoms with van der Waals surface area (Å²) >= 11 is 0. The summed E-state index contributed by atoms with van der Waals surface area (Å²) in [6.45, 7) is 24.6. The summed E-state index contributed by atoms with van der Waals surface area (Å²) < 4.78 is 19.9. The Labute approximate surface area is 397 Å². The number of aromatic amines is 2. The second kappa shape index (κ2) is 21.5. The fourth-order valence-corrected chi connectivity index (χ4v) is 7.01. The highest BCUT2D eigenvalue weighted by molar-refractivity contribution is 6.06. The number of carbonyl (C=O) groups excluding carboxylic acids is 3. The molecule has 0 spiro atoms. The lowest BCUT2D eigenvalue weighted by molar-refractivity contribution is 0.0694. The van der Waals surface area contributed by atoms with Crippen LogP contribution >= 0.6 is 0 Å². The lowest BCUT2D eigenvalue weighted by atomic mass is 9.79. The average Bonchev–Trinajstić information content (AvgIpc) is 3.22. The molecule has 0 bridgehead atoms. The van der Waals surface area contributed by atoms with E-state index in [2.05, 4.69) is 66.3 Å². The minimum Gasteiger partial charge on any atom is -0.477 e. The number of hydrogen-bond donors (Lipinski definition) is 5. The Morgan fingerprint density at radius 2 is 0.941 bits per heavy atom. The van der Waals surface area contributed by atoms with Gasteiger partial charge in [-0.2, -0.15) is 0 Å². The third-order valence-corrected chi connectivity index (χ3v) is 10.5. The topological polar surface area (TPSA) is 229 Å². The minimum atomic E-state index is -1.21. The standard InChI is InChI=1S/C26H30N2O5.C16H25NO3.C10H7NO3.CH4/c1-25(2,3)17-12-18(26(4,5)6)21(33-24(31)32-7)13-20(17)28-23(30)16-14-27-19-11-9-8-10-15(19)22(16)29;1-15(2,3)10-8-11(16(4,5)6)13(9-12(10)17)20-14(18)19-7;12-9-6-3-1-2-4-8(6)11-5-7(9)10(13)14;/h8-14H,1-7H3,(H,27,29)(H,28,30);8-9H,17H2,1-7H3;1-5H,(H,11,12)(H,13,14);1H4. The number of benzene rings is 4. The monoisotopic (exact) mass is 934 g/mol. The van der Waals surface area contributed by atoms with Crippen molar-refractivity contribution in [1.82, 2.24) is 9.97 Å². The molecule has 6 N–H and O–H groups in total. The smallest absolute Gasteiger partial charge is 0.477 e. The number of nitrogens with two attached hydrogens (primary N) is 1. The number of para-hydroxylation sites is 2. The largest absolute Gasteiger partial charge is 0.513 e. The van der Waals surface area contributed by atoms with E-state index in [4.69, 9.17) is 20.3 Å². The van der Waals surface area contributed by atoms with E-state index >= 15 is 0 Å². The van der Waals surface area contributed by atoms with Gasteiger partial charge in [-0.05, 0) is 69.2 Å². The predicted octanol–water partition coefficient (Wildman–Crippen LogP) is 11.4. The van der Waals surface area contributed by atoms with E-state index in [9.17, 15) is 28.8 Å². The van der Waals surface area contributed by atoms with Gasteiger partial charge in [0.15, 0.2) is 0 Å². The molecule has 0 fully saturated rings. The maximum Gasteiger partial charge on any atom is 0.513 e. The molecule has 0 saturated heterocycles. The molecule has 0 radical (unpaired) electrons. The molecule has 2 heterocycles. The number of pyridine rings is 2. The fourth-order valence-electron chi connectivity index (χ4n) is 7.01. The van der Waals surface area contributed by atoms with E-state index in [1.165, 1.54) is 26.6 Å². The molecule has 0 unspecified atom stereocenters. The van der Waals surface area contributed by atoms with Crippen LogP contribution in [0.5, 0.6) is 11.5 Å². The van der Waals surface area contributed by atoms with Crippen LogP contribution in [0, 0.1) is 0 Å². The lowest BCUT2D eigenvalue weighted by Gasteiger charge is -2.29. The molecule has 68 heavy (non-hydrogen) atoms. The van der Waals surface area contributed by atoms with Crippen molar-refractivity contribution in [1.29, 1.82) is 0 Å². The number of amides is 1. The van der Waals surface area contributed by atoms with Crippen molar-refractivity contribution in [2.45, 2.75) is 112 Å². The van der Waals surface area contributed by atoms with Crippen molar-refractivity contribution in [3.8, 4) is 11.5 Å². The molecule has 0 saturated carbocycles. The Kier molecular flexibility index (Phi) is 17.3. The summed E-state index contributed by atoms with van der Waals surface area (Å²) in [5.74, 6) is -1.03. The number of rotatable bonds is 5. The van der Waals surface area contributed by atoms with Crippen LogP contribution in [0.25, 0.3) is 21.8 Å². The molecular weight excluding hydrogens is 869 g/mol. The van der Waals surface area contributed by atoms with Gasteiger partial charge in [-0.25, -0.2) is 14.4 Å². The van der Waals surface area contributed by atoms with Gasteiger partial charge in [0, 0.05) is 68.8 Å². The Balaban J connectivity index is 0.000000297. The van der Waals surface area contributed by atoms with Crippen molar-refractivity contribution in [3.63, 3.8) is 0 Å². The van der Waals surface area contributed by atoms with Crippen molar-refractivity contribution >= 4 is 57.4 Å². The molecule has 0 atom stereocenters. The third kappa shape index (κ3) is 13.4.